The smallest absolute Gasteiger partial charge is 0.220 e. The predicted octanol–water partition coefficient (Wildman–Crippen LogP) is 5.55. The third-order valence-corrected chi connectivity index (χ3v) is 5.98. The zero-order chi connectivity index (χ0) is 36.2. The fourth-order valence-electron chi connectivity index (χ4n) is 3.00. The summed E-state index contributed by atoms with van der Waals surface area (Å²) in [5, 5.41) is 16.9. The van der Waals surface area contributed by atoms with Gasteiger partial charge in [-0.05, 0) is 46.5 Å². The second-order valence-electron chi connectivity index (χ2n) is 13.6. The molecular formula is C35H69N3O7. The van der Waals surface area contributed by atoms with Crippen LogP contribution in [0.1, 0.15) is 128 Å². The summed E-state index contributed by atoms with van der Waals surface area (Å²) >= 11 is 0. The van der Waals surface area contributed by atoms with E-state index >= 15 is 0 Å². The van der Waals surface area contributed by atoms with Gasteiger partial charge in [-0.2, -0.15) is 0 Å². The SMILES string of the molecule is C=C(CCC(=O)C(C)C)NC.CC(=O)NCCCCC(=O)NC(C)(C)C.CC(C)(C)C(=O)CCO.COCCCC(=O)C(C)C. The Balaban J connectivity index is -0.000000254. The van der Waals surface area contributed by atoms with Crippen LogP contribution in [-0.4, -0.2) is 73.7 Å². The molecule has 0 aliphatic rings. The van der Waals surface area contributed by atoms with Crippen LogP contribution in [0.15, 0.2) is 12.3 Å². The van der Waals surface area contributed by atoms with Crippen molar-refractivity contribution in [3.05, 3.63) is 12.3 Å². The fourth-order valence-corrected chi connectivity index (χ4v) is 3.00. The molecule has 0 heterocycles. The van der Waals surface area contributed by atoms with Crippen molar-refractivity contribution >= 4 is 29.2 Å². The molecule has 0 saturated carbocycles. The van der Waals surface area contributed by atoms with Crippen molar-refractivity contribution in [3.63, 3.8) is 0 Å². The Hall–Kier alpha value is -2.59. The molecule has 0 radical (unpaired) electrons. The van der Waals surface area contributed by atoms with E-state index in [0.29, 0.717) is 44.0 Å². The Labute approximate surface area is 275 Å². The van der Waals surface area contributed by atoms with Gasteiger partial charge in [-0.3, -0.25) is 24.0 Å². The molecule has 0 atom stereocenters. The first-order valence-corrected chi connectivity index (χ1v) is 16.1. The number of aliphatic hydroxyl groups is 1. The highest BCUT2D eigenvalue weighted by Crippen LogP contribution is 2.15. The predicted molar refractivity (Wildman–Crippen MR) is 185 cm³/mol. The Morgan fingerprint density at radius 1 is 0.778 bits per heavy atom. The summed E-state index contributed by atoms with van der Waals surface area (Å²) in [4.78, 5) is 54.9. The molecule has 266 valence electrons. The molecular weight excluding hydrogens is 574 g/mol. The summed E-state index contributed by atoms with van der Waals surface area (Å²) in [5.41, 5.74) is 0.483. The van der Waals surface area contributed by atoms with Crippen LogP contribution in [0.5, 0.6) is 0 Å². The molecule has 45 heavy (non-hydrogen) atoms. The summed E-state index contributed by atoms with van der Waals surface area (Å²) in [6.07, 6.45) is 5.34. The van der Waals surface area contributed by atoms with Gasteiger partial charge in [0.25, 0.3) is 0 Å². The lowest BCUT2D eigenvalue weighted by Crippen LogP contribution is -2.40. The van der Waals surface area contributed by atoms with Gasteiger partial charge in [-0.1, -0.05) is 55.0 Å². The van der Waals surface area contributed by atoms with E-state index in [1.165, 1.54) is 6.92 Å². The number of allylic oxidation sites excluding steroid dienone is 1. The first-order chi connectivity index (χ1) is 20.5. The van der Waals surface area contributed by atoms with Crippen molar-refractivity contribution in [1.29, 1.82) is 0 Å². The van der Waals surface area contributed by atoms with Crippen molar-refractivity contribution in [3.8, 4) is 0 Å². The molecule has 0 aromatic rings. The first kappa shape index (κ1) is 49.3. The minimum absolute atomic E-state index is 0.0193. The fraction of sp³-hybridized carbons (Fsp3) is 0.800. The van der Waals surface area contributed by atoms with Gasteiger partial charge in [-0.25, -0.2) is 0 Å². The third kappa shape index (κ3) is 41.4. The van der Waals surface area contributed by atoms with Crippen LogP contribution in [0.2, 0.25) is 0 Å². The molecule has 2 amide bonds. The van der Waals surface area contributed by atoms with Gasteiger partial charge in [-0.15, -0.1) is 0 Å². The van der Waals surface area contributed by atoms with Gasteiger partial charge in [0.1, 0.15) is 17.3 Å². The highest BCUT2D eigenvalue weighted by Gasteiger charge is 2.19. The Morgan fingerprint density at radius 2 is 1.29 bits per heavy atom. The molecule has 0 unspecified atom stereocenters. The topological polar surface area (TPSA) is 151 Å². The standard InChI is InChI=1S/C11H22N2O2.C9H17NO.C8H16O2.C7H14O2/c1-9(14)12-8-6-5-7-10(15)13-11(2,3)4;1-7(2)9(11)6-5-8(3)10-4;1-7(2)8(9)5-4-6-10-3;1-7(2,3)6(9)4-5-8/h5-8H2,1-4H3,(H,12,14)(H,13,15);7,10H,3,5-6H2,1-2,4H3;7H,4-6H2,1-3H3;8H,4-5H2,1-3H3. The van der Waals surface area contributed by atoms with Crippen molar-refractivity contribution in [1.82, 2.24) is 16.0 Å². The zero-order valence-electron chi connectivity index (χ0n) is 31.0. The van der Waals surface area contributed by atoms with Gasteiger partial charge in [0.05, 0.1) is 0 Å². The average molecular weight is 644 g/mol. The first-order valence-electron chi connectivity index (χ1n) is 16.1. The van der Waals surface area contributed by atoms with Crippen LogP contribution >= 0.6 is 0 Å². The molecule has 4 N–H and O–H groups in total. The number of amides is 2. The molecule has 10 heteroatoms. The van der Waals surface area contributed by atoms with E-state index in [1.54, 1.807) is 7.11 Å². The second kappa shape index (κ2) is 28.9. The highest BCUT2D eigenvalue weighted by molar-refractivity contribution is 5.83. The molecule has 0 rings (SSSR count). The minimum atomic E-state index is -0.289. The van der Waals surface area contributed by atoms with Crippen LogP contribution in [0, 0.1) is 17.3 Å². The van der Waals surface area contributed by atoms with E-state index in [4.69, 9.17) is 9.84 Å². The molecule has 0 aliphatic heterocycles. The number of unbranched alkanes of at least 4 members (excludes halogenated alkanes) is 1. The maximum Gasteiger partial charge on any atom is 0.220 e. The summed E-state index contributed by atoms with van der Waals surface area (Å²) in [6, 6.07) is 0. The lowest BCUT2D eigenvalue weighted by Gasteiger charge is -2.20. The van der Waals surface area contributed by atoms with Gasteiger partial charge in [0.2, 0.25) is 11.8 Å². The monoisotopic (exact) mass is 644 g/mol. The van der Waals surface area contributed by atoms with Crippen molar-refractivity contribution < 1.29 is 33.8 Å². The average Bonchev–Trinajstić information content (AvgIpc) is 2.90. The number of ether oxygens (including phenoxy) is 1. The van der Waals surface area contributed by atoms with Crippen molar-refractivity contribution in [2.75, 3.05) is 33.9 Å². The lowest BCUT2D eigenvalue weighted by atomic mass is 9.89. The molecule has 0 spiro atoms. The number of Topliss-reactive ketones (excluding diaryl/α,β-unsaturated/α-hetero) is 3. The highest BCUT2D eigenvalue weighted by atomic mass is 16.5. The Morgan fingerprint density at radius 3 is 1.64 bits per heavy atom. The van der Waals surface area contributed by atoms with E-state index < -0.39 is 0 Å². The van der Waals surface area contributed by atoms with Crippen LogP contribution in [0.25, 0.3) is 0 Å². The molecule has 0 saturated heterocycles. The van der Waals surface area contributed by atoms with Crippen LogP contribution in [0.4, 0.5) is 0 Å². The molecule has 10 nitrogen and oxygen atoms in total. The number of hydrogen-bond donors (Lipinski definition) is 4. The third-order valence-electron chi connectivity index (χ3n) is 5.98. The molecule has 0 fully saturated rings. The van der Waals surface area contributed by atoms with Crippen LogP contribution in [-0.2, 0) is 28.7 Å². The summed E-state index contributed by atoms with van der Waals surface area (Å²) < 4.78 is 4.82. The number of aliphatic hydroxyl groups excluding tert-OH is 1. The number of rotatable bonds is 17. The van der Waals surface area contributed by atoms with Crippen molar-refractivity contribution in [2.45, 2.75) is 133 Å². The van der Waals surface area contributed by atoms with Crippen molar-refractivity contribution in [2.24, 2.45) is 17.3 Å². The van der Waals surface area contributed by atoms with Crippen LogP contribution < -0.4 is 16.0 Å². The van der Waals surface area contributed by atoms with E-state index in [-0.39, 0.29) is 53.4 Å². The summed E-state index contributed by atoms with van der Waals surface area (Å²) in [7, 11) is 3.47. The largest absolute Gasteiger partial charge is 0.396 e. The number of nitrogens with one attached hydrogen (secondary N) is 3. The molecule has 0 aromatic heterocycles. The van der Waals surface area contributed by atoms with Gasteiger partial charge >= 0.3 is 0 Å². The normalized spacial score (nSPS) is 10.7. The number of hydrogen-bond acceptors (Lipinski definition) is 8. The molecule has 0 bridgehead atoms. The van der Waals surface area contributed by atoms with Gasteiger partial charge in [0, 0.05) is 95.0 Å². The Bertz CT molecular complexity index is 839. The number of carbonyl (C=O) groups is 5. The maximum atomic E-state index is 11.4. The van der Waals surface area contributed by atoms with Gasteiger partial charge < -0.3 is 25.8 Å². The molecule has 0 aliphatic carbocycles. The van der Waals surface area contributed by atoms with E-state index in [0.717, 1.165) is 31.4 Å². The van der Waals surface area contributed by atoms with Gasteiger partial charge in [0.15, 0.2) is 0 Å². The summed E-state index contributed by atoms with van der Waals surface area (Å²) in [6.45, 7) is 25.7. The minimum Gasteiger partial charge on any atom is -0.396 e. The zero-order valence-corrected chi connectivity index (χ0v) is 31.0. The number of carbonyl (C=O) groups excluding carboxylic acids is 5. The van der Waals surface area contributed by atoms with E-state index in [1.807, 2.05) is 76.3 Å². The second-order valence-corrected chi connectivity index (χ2v) is 13.6. The quantitative estimate of drug-likeness (QED) is 0.151. The lowest BCUT2D eigenvalue weighted by molar-refractivity contribution is -0.127. The van der Waals surface area contributed by atoms with E-state index in [2.05, 4.69) is 22.5 Å². The van der Waals surface area contributed by atoms with Crippen LogP contribution in [0.3, 0.4) is 0 Å². The molecule has 0 aromatic carbocycles. The summed E-state index contributed by atoms with van der Waals surface area (Å²) in [5.74, 6) is 1.14. The maximum absolute atomic E-state index is 11.4. The Kier molecular flexibility index (Phi) is 31.6. The number of methoxy groups -OCH3 is 1. The van der Waals surface area contributed by atoms with E-state index in [9.17, 15) is 24.0 Å². The number of ketones is 3.